The summed E-state index contributed by atoms with van der Waals surface area (Å²) in [5.74, 6) is 0.326. The van der Waals surface area contributed by atoms with E-state index in [-0.39, 0.29) is 24.7 Å². The standard InChI is InChI=1S/C14H17ClINO4/c1-8-7-21-9(6-18)5-17(8)14(19)10-3-11(15)12(16)4-13(10)20-2/h3-4,8-9,18H,5-7H2,1-2H3. The highest BCUT2D eigenvalue weighted by molar-refractivity contribution is 14.1. The van der Waals surface area contributed by atoms with Crippen molar-refractivity contribution in [1.29, 1.82) is 0 Å². The molecule has 7 heteroatoms. The number of carbonyl (C=O) groups is 1. The van der Waals surface area contributed by atoms with Crippen LogP contribution < -0.4 is 4.74 Å². The zero-order valence-corrected chi connectivity index (χ0v) is 14.7. The third kappa shape index (κ3) is 3.61. The van der Waals surface area contributed by atoms with E-state index in [1.807, 2.05) is 6.92 Å². The van der Waals surface area contributed by atoms with Gasteiger partial charge in [-0.2, -0.15) is 0 Å². The van der Waals surface area contributed by atoms with E-state index in [4.69, 9.17) is 21.1 Å². The minimum atomic E-state index is -0.351. The molecule has 5 nitrogen and oxygen atoms in total. The van der Waals surface area contributed by atoms with Crippen LogP contribution in [0, 0.1) is 3.57 Å². The van der Waals surface area contributed by atoms with Crippen molar-refractivity contribution in [2.24, 2.45) is 0 Å². The van der Waals surface area contributed by atoms with Crippen LogP contribution in [0.4, 0.5) is 0 Å². The normalized spacial score (nSPS) is 22.2. The average Bonchev–Trinajstić information content (AvgIpc) is 2.49. The molecule has 0 aromatic heterocycles. The number of ether oxygens (including phenoxy) is 2. The maximum atomic E-state index is 12.8. The maximum Gasteiger partial charge on any atom is 0.258 e. The number of halogens is 2. The molecule has 1 aromatic rings. The summed E-state index contributed by atoms with van der Waals surface area (Å²) in [6.07, 6.45) is -0.351. The predicted octanol–water partition coefficient (Wildman–Crippen LogP) is 2.17. The first kappa shape index (κ1) is 16.8. The molecule has 1 N–H and O–H groups in total. The minimum absolute atomic E-state index is 0.0666. The summed E-state index contributed by atoms with van der Waals surface area (Å²) < 4.78 is 11.6. The molecular weight excluding hydrogens is 409 g/mol. The number of hydrogen-bond acceptors (Lipinski definition) is 4. The summed E-state index contributed by atoms with van der Waals surface area (Å²) in [5.41, 5.74) is 0.424. The largest absolute Gasteiger partial charge is 0.496 e. The molecule has 0 bridgehead atoms. The van der Waals surface area contributed by atoms with Crippen molar-refractivity contribution < 1.29 is 19.4 Å². The highest BCUT2D eigenvalue weighted by atomic mass is 127. The first-order valence-electron chi connectivity index (χ1n) is 6.54. The second kappa shape index (κ2) is 7.13. The Hall–Kier alpha value is -0.570. The van der Waals surface area contributed by atoms with Crippen LogP contribution in [0.5, 0.6) is 5.75 Å². The molecule has 1 aromatic carbocycles. The lowest BCUT2D eigenvalue weighted by molar-refractivity contribution is -0.0667. The van der Waals surface area contributed by atoms with Crippen LogP contribution in [0.2, 0.25) is 5.02 Å². The molecular formula is C14H17ClINO4. The van der Waals surface area contributed by atoms with Crippen molar-refractivity contribution in [3.05, 3.63) is 26.3 Å². The highest BCUT2D eigenvalue weighted by Crippen LogP contribution is 2.30. The van der Waals surface area contributed by atoms with Crippen LogP contribution in [0.25, 0.3) is 0 Å². The average molecular weight is 426 g/mol. The molecule has 2 unspecified atom stereocenters. The van der Waals surface area contributed by atoms with Crippen LogP contribution in [0.15, 0.2) is 12.1 Å². The van der Waals surface area contributed by atoms with Crippen molar-refractivity contribution in [2.45, 2.75) is 19.1 Å². The topological polar surface area (TPSA) is 59.0 Å². The van der Waals surface area contributed by atoms with Gasteiger partial charge in [0.15, 0.2) is 0 Å². The van der Waals surface area contributed by atoms with E-state index >= 15 is 0 Å². The van der Waals surface area contributed by atoms with Gasteiger partial charge in [-0.3, -0.25) is 4.79 Å². The van der Waals surface area contributed by atoms with E-state index in [1.165, 1.54) is 7.11 Å². The second-order valence-electron chi connectivity index (χ2n) is 4.91. The fraction of sp³-hybridized carbons (Fsp3) is 0.500. The third-order valence-corrected chi connectivity index (χ3v) is 4.97. The molecule has 0 aliphatic carbocycles. The Kier molecular flexibility index (Phi) is 5.70. The number of rotatable bonds is 3. The Morgan fingerprint density at radius 3 is 2.95 bits per heavy atom. The third-order valence-electron chi connectivity index (χ3n) is 3.44. The van der Waals surface area contributed by atoms with Crippen LogP contribution in [-0.4, -0.2) is 54.9 Å². The summed E-state index contributed by atoms with van der Waals surface area (Å²) in [7, 11) is 1.52. The molecule has 2 atom stereocenters. The van der Waals surface area contributed by atoms with Gasteiger partial charge in [0.25, 0.3) is 5.91 Å². The Balaban J connectivity index is 2.32. The van der Waals surface area contributed by atoms with Crippen molar-refractivity contribution in [1.82, 2.24) is 4.90 Å². The molecule has 0 saturated carbocycles. The summed E-state index contributed by atoms with van der Waals surface area (Å²) in [5, 5.41) is 9.73. The molecule has 1 aliphatic rings. The smallest absolute Gasteiger partial charge is 0.258 e. The Labute approximate surface area is 142 Å². The van der Waals surface area contributed by atoms with E-state index < -0.39 is 0 Å². The van der Waals surface area contributed by atoms with Crippen LogP contribution >= 0.6 is 34.2 Å². The van der Waals surface area contributed by atoms with E-state index in [1.54, 1.807) is 17.0 Å². The van der Waals surface area contributed by atoms with Crippen LogP contribution in [0.1, 0.15) is 17.3 Å². The van der Waals surface area contributed by atoms with E-state index in [9.17, 15) is 9.90 Å². The fourth-order valence-electron chi connectivity index (χ4n) is 2.23. The number of methoxy groups -OCH3 is 1. The van der Waals surface area contributed by atoms with E-state index in [2.05, 4.69) is 22.6 Å². The molecule has 1 fully saturated rings. The van der Waals surface area contributed by atoms with Gasteiger partial charge in [-0.1, -0.05) is 11.6 Å². The lowest BCUT2D eigenvalue weighted by Crippen LogP contribution is -2.52. The minimum Gasteiger partial charge on any atom is -0.496 e. The summed E-state index contributed by atoms with van der Waals surface area (Å²) in [6, 6.07) is 3.30. The van der Waals surface area contributed by atoms with Crippen molar-refractivity contribution in [3.8, 4) is 5.75 Å². The van der Waals surface area contributed by atoms with Crippen molar-refractivity contribution in [3.63, 3.8) is 0 Å². The maximum absolute atomic E-state index is 12.8. The Morgan fingerprint density at radius 2 is 2.33 bits per heavy atom. The number of amides is 1. The lowest BCUT2D eigenvalue weighted by Gasteiger charge is -2.37. The summed E-state index contributed by atoms with van der Waals surface area (Å²) in [4.78, 5) is 14.4. The molecule has 1 saturated heterocycles. The summed E-state index contributed by atoms with van der Waals surface area (Å²) >= 11 is 8.21. The van der Waals surface area contributed by atoms with Crippen molar-refractivity contribution >= 4 is 40.1 Å². The molecule has 1 amide bonds. The molecule has 0 spiro atoms. The van der Waals surface area contributed by atoms with Crippen LogP contribution in [-0.2, 0) is 4.74 Å². The van der Waals surface area contributed by atoms with Crippen molar-refractivity contribution in [2.75, 3.05) is 26.9 Å². The number of aliphatic hydroxyl groups is 1. The quantitative estimate of drug-likeness (QED) is 0.754. The van der Waals surface area contributed by atoms with Gasteiger partial charge in [0.1, 0.15) is 5.75 Å². The predicted molar refractivity (Wildman–Crippen MR) is 88.0 cm³/mol. The van der Waals surface area contributed by atoms with Gasteiger partial charge in [-0.15, -0.1) is 0 Å². The molecule has 21 heavy (non-hydrogen) atoms. The lowest BCUT2D eigenvalue weighted by atomic mass is 10.1. The summed E-state index contributed by atoms with van der Waals surface area (Å²) in [6.45, 7) is 2.55. The Morgan fingerprint density at radius 1 is 1.62 bits per heavy atom. The molecule has 116 valence electrons. The number of morpholine rings is 1. The van der Waals surface area contributed by atoms with Gasteiger partial charge in [-0.25, -0.2) is 0 Å². The zero-order valence-electron chi connectivity index (χ0n) is 11.8. The van der Waals surface area contributed by atoms with Crippen LogP contribution in [0.3, 0.4) is 0 Å². The number of hydrogen-bond donors (Lipinski definition) is 1. The fourth-order valence-corrected chi connectivity index (χ4v) is 2.83. The first-order chi connectivity index (χ1) is 9.97. The molecule has 1 aliphatic heterocycles. The zero-order chi connectivity index (χ0) is 15.6. The SMILES string of the molecule is COc1cc(I)c(Cl)cc1C(=O)N1CC(CO)OCC1C. The molecule has 1 heterocycles. The monoisotopic (exact) mass is 425 g/mol. The van der Waals surface area contributed by atoms with E-state index in [0.29, 0.717) is 29.5 Å². The number of carbonyl (C=O) groups excluding carboxylic acids is 1. The second-order valence-corrected chi connectivity index (χ2v) is 6.48. The van der Waals surface area contributed by atoms with E-state index in [0.717, 1.165) is 3.57 Å². The van der Waals surface area contributed by atoms with Gasteiger partial charge in [0.05, 0.1) is 43.1 Å². The number of benzene rings is 1. The highest BCUT2D eigenvalue weighted by Gasteiger charge is 2.31. The van der Waals surface area contributed by atoms with Gasteiger partial charge < -0.3 is 19.5 Å². The Bertz CT molecular complexity index is 540. The number of nitrogens with zero attached hydrogens (tertiary/aromatic N) is 1. The number of aliphatic hydroxyl groups excluding tert-OH is 1. The van der Waals surface area contributed by atoms with Gasteiger partial charge >= 0.3 is 0 Å². The molecule has 0 radical (unpaired) electrons. The molecule has 2 rings (SSSR count). The van der Waals surface area contributed by atoms with Gasteiger partial charge in [0.2, 0.25) is 0 Å². The van der Waals surface area contributed by atoms with Gasteiger partial charge in [0, 0.05) is 10.1 Å². The van der Waals surface area contributed by atoms with Gasteiger partial charge in [-0.05, 0) is 41.6 Å². The first-order valence-corrected chi connectivity index (χ1v) is 8.00.